The molecule has 2 aromatic heterocycles. The van der Waals surface area contributed by atoms with Crippen molar-refractivity contribution in [2.24, 2.45) is 10.7 Å². The van der Waals surface area contributed by atoms with E-state index in [9.17, 15) is 0 Å². The lowest BCUT2D eigenvalue weighted by Gasteiger charge is -2.16. The van der Waals surface area contributed by atoms with Crippen molar-refractivity contribution in [1.82, 2.24) is 14.7 Å². The molecule has 0 radical (unpaired) electrons. The van der Waals surface area contributed by atoms with Crippen molar-refractivity contribution >= 4 is 58.8 Å². The van der Waals surface area contributed by atoms with Crippen LogP contribution in [0.4, 0.5) is 0 Å². The van der Waals surface area contributed by atoms with Gasteiger partial charge < -0.3 is 15.5 Å². The Morgan fingerprint density at radius 2 is 2.12 bits per heavy atom. The molecule has 0 fully saturated rings. The summed E-state index contributed by atoms with van der Waals surface area (Å²) < 4.78 is 1.99. The monoisotopic (exact) mass is 503 g/mol. The zero-order chi connectivity index (χ0) is 17.8. The topological polar surface area (TPSA) is 67.7 Å². The van der Waals surface area contributed by atoms with Gasteiger partial charge in [0.15, 0.2) is 5.96 Å². The SMILES string of the molecule is CC(NC(N)=NCCc1cn2ccccc2n1)c1ccc(Cl)cc1Cl.I. The number of rotatable bonds is 5. The quantitative estimate of drug-likeness (QED) is 0.306. The number of pyridine rings is 1. The van der Waals surface area contributed by atoms with Gasteiger partial charge in [0, 0.05) is 35.4 Å². The molecule has 0 aliphatic heterocycles. The molecule has 0 amide bonds. The maximum atomic E-state index is 6.22. The van der Waals surface area contributed by atoms with Gasteiger partial charge in [-0.3, -0.25) is 4.99 Å². The molecule has 138 valence electrons. The van der Waals surface area contributed by atoms with Gasteiger partial charge in [0.25, 0.3) is 0 Å². The standard InChI is InChI=1S/C18H19Cl2N5.HI/c1-12(15-6-5-13(19)10-16(15)20)23-18(21)22-8-7-14-11-25-9-3-2-4-17(25)24-14;/h2-6,9-12H,7-8H2,1H3,(H3,21,22,23);1H. The van der Waals surface area contributed by atoms with E-state index in [0.29, 0.717) is 22.5 Å². The Morgan fingerprint density at radius 3 is 2.85 bits per heavy atom. The van der Waals surface area contributed by atoms with Crippen LogP contribution in [0.1, 0.15) is 24.2 Å². The summed E-state index contributed by atoms with van der Waals surface area (Å²) >= 11 is 12.1. The molecule has 0 aliphatic carbocycles. The lowest BCUT2D eigenvalue weighted by Crippen LogP contribution is -2.34. The fraction of sp³-hybridized carbons (Fsp3) is 0.222. The maximum absolute atomic E-state index is 6.22. The van der Waals surface area contributed by atoms with E-state index in [0.717, 1.165) is 23.3 Å². The lowest BCUT2D eigenvalue weighted by atomic mass is 10.1. The summed E-state index contributed by atoms with van der Waals surface area (Å²) in [6, 6.07) is 11.2. The summed E-state index contributed by atoms with van der Waals surface area (Å²) in [4.78, 5) is 8.91. The third kappa shape index (κ3) is 5.25. The van der Waals surface area contributed by atoms with Crippen LogP contribution in [-0.2, 0) is 6.42 Å². The number of guanidine groups is 1. The summed E-state index contributed by atoms with van der Waals surface area (Å²) in [5, 5.41) is 4.35. The molecule has 0 saturated heterocycles. The number of aromatic nitrogens is 2. The smallest absolute Gasteiger partial charge is 0.189 e. The zero-order valence-electron chi connectivity index (χ0n) is 14.2. The molecule has 0 saturated carbocycles. The Labute approximate surface area is 179 Å². The first kappa shape index (κ1) is 20.8. The highest BCUT2D eigenvalue weighted by atomic mass is 127. The summed E-state index contributed by atoms with van der Waals surface area (Å²) in [5.74, 6) is 0.377. The molecule has 3 aromatic rings. The highest BCUT2D eigenvalue weighted by Gasteiger charge is 2.10. The van der Waals surface area contributed by atoms with Crippen LogP contribution in [0.2, 0.25) is 10.0 Å². The van der Waals surface area contributed by atoms with Crippen LogP contribution in [0, 0.1) is 0 Å². The van der Waals surface area contributed by atoms with E-state index in [1.54, 1.807) is 12.1 Å². The van der Waals surface area contributed by atoms with Gasteiger partial charge in [0.1, 0.15) is 5.65 Å². The molecule has 0 aliphatic rings. The third-order valence-electron chi connectivity index (χ3n) is 3.86. The molecular weight excluding hydrogens is 484 g/mol. The Bertz CT molecular complexity index is 876. The van der Waals surface area contributed by atoms with Crippen LogP contribution in [0.25, 0.3) is 5.65 Å². The molecule has 3 rings (SSSR count). The minimum Gasteiger partial charge on any atom is -0.370 e. The Balaban J connectivity index is 0.00000243. The van der Waals surface area contributed by atoms with Crippen molar-refractivity contribution < 1.29 is 0 Å². The number of hydrogen-bond donors (Lipinski definition) is 2. The van der Waals surface area contributed by atoms with Crippen LogP contribution >= 0.6 is 47.2 Å². The number of hydrogen-bond acceptors (Lipinski definition) is 2. The minimum absolute atomic E-state index is 0. The van der Waals surface area contributed by atoms with Gasteiger partial charge in [-0.1, -0.05) is 35.3 Å². The molecule has 8 heteroatoms. The maximum Gasteiger partial charge on any atom is 0.189 e. The normalized spacial score (nSPS) is 12.7. The largest absolute Gasteiger partial charge is 0.370 e. The number of aliphatic imine (C=N–C) groups is 1. The third-order valence-corrected chi connectivity index (χ3v) is 4.42. The second-order valence-corrected chi connectivity index (χ2v) is 6.59. The molecule has 26 heavy (non-hydrogen) atoms. The molecule has 0 bridgehead atoms. The number of benzene rings is 1. The van der Waals surface area contributed by atoms with E-state index in [4.69, 9.17) is 28.9 Å². The minimum atomic E-state index is -0.0660. The lowest BCUT2D eigenvalue weighted by molar-refractivity contribution is 0.707. The van der Waals surface area contributed by atoms with E-state index < -0.39 is 0 Å². The predicted molar refractivity (Wildman–Crippen MR) is 119 cm³/mol. The number of fused-ring (bicyclic) bond motifs is 1. The van der Waals surface area contributed by atoms with Gasteiger partial charge in [-0.25, -0.2) is 4.98 Å². The fourth-order valence-electron chi connectivity index (χ4n) is 2.60. The van der Waals surface area contributed by atoms with E-state index in [-0.39, 0.29) is 30.0 Å². The molecule has 1 atom stereocenters. The predicted octanol–water partition coefficient (Wildman–Crippen LogP) is 4.47. The average Bonchev–Trinajstić information content (AvgIpc) is 2.97. The van der Waals surface area contributed by atoms with Gasteiger partial charge in [0.05, 0.1) is 11.7 Å². The summed E-state index contributed by atoms with van der Waals surface area (Å²) in [6.07, 6.45) is 4.70. The van der Waals surface area contributed by atoms with E-state index in [1.807, 2.05) is 48.0 Å². The van der Waals surface area contributed by atoms with E-state index >= 15 is 0 Å². The van der Waals surface area contributed by atoms with Gasteiger partial charge >= 0.3 is 0 Å². The fourth-order valence-corrected chi connectivity index (χ4v) is 3.17. The first-order valence-electron chi connectivity index (χ1n) is 7.97. The summed E-state index contributed by atoms with van der Waals surface area (Å²) in [5.41, 5.74) is 8.81. The molecule has 5 nitrogen and oxygen atoms in total. The number of nitrogens with one attached hydrogen (secondary N) is 1. The van der Waals surface area contributed by atoms with Gasteiger partial charge in [-0.2, -0.15) is 0 Å². The van der Waals surface area contributed by atoms with Crippen molar-refractivity contribution in [1.29, 1.82) is 0 Å². The van der Waals surface area contributed by atoms with Crippen molar-refractivity contribution in [3.8, 4) is 0 Å². The van der Waals surface area contributed by atoms with Crippen molar-refractivity contribution in [3.05, 3.63) is 70.1 Å². The van der Waals surface area contributed by atoms with Crippen LogP contribution in [-0.4, -0.2) is 21.9 Å². The summed E-state index contributed by atoms with van der Waals surface area (Å²) in [7, 11) is 0. The molecule has 3 N–H and O–H groups in total. The van der Waals surface area contributed by atoms with Crippen LogP contribution in [0.15, 0.2) is 53.8 Å². The van der Waals surface area contributed by atoms with Crippen LogP contribution in [0.5, 0.6) is 0 Å². The van der Waals surface area contributed by atoms with E-state index in [2.05, 4.69) is 15.3 Å². The van der Waals surface area contributed by atoms with Gasteiger partial charge in [0.2, 0.25) is 0 Å². The van der Waals surface area contributed by atoms with Crippen LogP contribution < -0.4 is 11.1 Å². The first-order chi connectivity index (χ1) is 12.0. The van der Waals surface area contributed by atoms with Crippen molar-refractivity contribution in [3.63, 3.8) is 0 Å². The average molecular weight is 504 g/mol. The highest BCUT2D eigenvalue weighted by molar-refractivity contribution is 14.0. The number of imidazole rings is 1. The van der Waals surface area contributed by atoms with E-state index in [1.165, 1.54) is 0 Å². The second kappa shape index (κ2) is 9.43. The Morgan fingerprint density at radius 1 is 1.31 bits per heavy atom. The molecule has 0 spiro atoms. The van der Waals surface area contributed by atoms with Gasteiger partial charge in [-0.15, -0.1) is 24.0 Å². The second-order valence-electron chi connectivity index (χ2n) is 5.75. The number of halogens is 3. The summed E-state index contributed by atoms with van der Waals surface area (Å²) in [6.45, 7) is 2.53. The number of nitrogens with two attached hydrogens (primary N) is 1. The van der Waals surface area contributed by atoms with Crippen molar-refractivity contribution in [2.45, 2.75) is 19.4 Å². The molecule has 1 aromatic carbocycles. The molecule has 1 unspecified atom stereocenters. The molecular formula is C18H20Cl2IN5. The number of nitrogens with zero attached hydrogens (tertiary/aromatic N) is 3. The van der Waals surface area contributed by atoms with Crippen LogP contribution in [0.3, 0.4) is 0 Å². The van der Waals surface area contributed by atoms with Crippen molar-refractivity contribution in [2.75, 3.05) is 6.54 Å². The Hall–Kier alpha value is -1.51. The first-order valence-corrected chi connectivity index (χ1v) is 8.72. The van der Waals surface area contributed by atoms with Gasteiger partial charge in [-0.05, 0) is 36.8 Å². The Kier molecular flexibility index (Phi) is 7.55. The molecule has 2 heterocycles. The zero-order valence-corrected chi connectivity index (χ0v) is 18.0. The highest BCUT2D eigenvalue weighted by Crippen LogP contribution is 2.25.